The Balaban J connectivity index is 2.05. The number of para-hydroxylation sites is 2. The van der Waals surface area contributed by atoms with Crippen molar-refractivity contribution in [2.24, 2.45) is 0 Å². The first kappa shape index (κ1) is 18.3. The third-order valence-corrected chi connectivity index (χ3v) is 3.88. The van der Waals surface area contributed by atoms with Gasteiger partial charge in [-0.25, -0.2) is 0 Å². The first-order valence-corrected chi connectivity index (χ1v) is 8.05. The maximum Gasteiger partial charge on any atom is 0.280 e. The molecule has 9 heteroatoms. The van der Waals surface area contributed by atoms with E-state index in [1.165, 1.54) is 25.3 Å². The highest BCUT2D eigenvalue weighted by atomic mass is 35.5. The van der Waals surface area contributed by atoms with Crippen LogP contribution in [0.3, 0.4) is 0 Å². The third kappa shape index (κ3) is 3.70. The van der Waals surface area contributed by atoms with Gasteiger partial charge in [0.05, 0.1) is 12.8 Å². The number of carbonyl (C=O) groups excluding carboxylic acids is 1. The fourth-order valence-electron chi connectivity index (χ4n) is 2.38. The van der Waals surface area contributed by atoms with Crippen LogP contribution in [0.4, 0.5) is 5.69 Å². The molecule has 0 aliphatic rings. The van der Waals surface area contributed by atoms with Gasteiger partial charge in [-0.2, -0.15) is 9.78 Å². The first-order chi connectivity index (χ1) is 12.9. The van der Waals surface area contributed by atoms with Gasteiger partial charge in [-0.1, -0.05) is 23.7 Å². The number of aromatic hydroxyl groups is 2. The number of rotatable bonds is 4. The van der Waals surface area contributed by atoms with Crippen molar-refractivity contribution < 1.29 is 19.7 Å². The number of anilines is 1. The summed E-state index contributed by atoms with van der Waals surface area (Å²) in [6, 6.07) is 11.5. The van der Waals surface area contributed by atoms with E-state index in [4.69, 9.17) is 16.3 Å². The highest BCUT2D eigenvalue weighted by molar-refractivity contribution is 6.31. The van der Waals surface area contributed by atoms with E-state index in [1.54, 1.807) is 24.3 Å². The zero-order chi connectivity index (χ0) is 19.6. The van der Waals surface area contributed by atoms with Gasteiger partial charge in [0.2, 0.25) is 0 Å². The molecular weight excluding hydrogens is 374 g/mol. The average Bonchev–Trinajstić information content (AvgIpc) is 2.64. The van der Waals surface area contributed by atoms with Crippen molar-refractivity contribution in [1.82, 2.24) is 9.78 Å². The number of amides is 1. The molecule has 1 aromatic heterocycles. The van der Waals surface area contributed by atoms with Crippen molar-refractivity contribution in [3.05, 3.63) is 69.6 Å². The molecule has 0 aliphatic heterocycles. The maximum atomic E-state index is 12.5. The summed E-state index contributed by atoms with van der Waals surface area (Å²) in [4.78, 5) is 24.7. The van der Waals surface area contributed by atoms with Crippen molar-refractivity contribution in [1.29, 1.82) is 0 Å². The summed E-state index contributed by atoms with van der Waals surface area (Å²) >= 11 is 5.85. The number of hydrogen-bond acceptors (Lipinski definition) is 6. The van der Waals surface area contributed by atoms with Gasteiger partial charge in [0.25, 0.3) is 11.5 Å². The monoisotopic (exact) mass is 387 g/mol. The van der Waals surface area contributed by atoms with E-state index in [9.17, 15) is 19.8 Å². The molecule has 2 aromatic carbocycles. The van der Waals surface area contributed by atoms with Crippen molar-refractivity contribution in [3.8, 4) is 22.9 Å². The zero-order valence-corrected chi connectivity index (χ0v) is 14.8. The van der Waals surface area contributed by atoms with E-state index in [2.05, 4.69) is 10.4 Å². The minimum absolute atomic E-state index is 0.0312. The number of phenols is 1. The normalized spacial score (nSPS) is 10.4. The topological polar surface area (TPSA) is 114 Å². The number of phenolic OH excluding ortho intramolecular Hbond substituents is 1. The Morgan fingerprint density at radius 3 is 2.63 bits per heavy atom. The Hall–Kier alpha value is -3.52. The fraction of sp³-hybridized carbons (Fsp3) is 0.0556. The summed E-state index contributed by atoms with van der Waals surface area (Å²) in [5, 5.41) is 26.5. The van der Waals surface area contributed by atoms with Gasteiger partial charge in [-0.3, -0.25) is 9.59 Å². The summed E-state index contributed by atoms with van der Waals surface area (Å²) in [7, 11) is 1.43. The van der Waals surface area contributed by atoms with Gasteiger partial charge in [0.1, 0.15) is 17.2 Å². The van der Waals surface area contributed by atoms with Crippen molar-refractivity contribution >= 4 is 23.2 Å². The number of benzene rings is 2. The van der Waals surface area contributed by atoms with Gasteiger partial charge in [-0.05, 0) is 30.3 Å². The fourth-order valence-corrected chi connectivity index (χ4v) is 2.55. The number of hydrogen-bond donors (Lipinski definition) is 3. The van der Waals surface area contributed by atoms with Crippen molar-refractivity contribution in [2.75, 3.05) is 12.4 Å². The number of methoxy groups -OCH3 is 1. The lowest BCUT2D eigenvalue weighted by Crippen LogP contribution is -2.25. The van der Waals surface area contributed by atoms with Crippen LogP contribution in [-0.4, -0.2) is 33.0 Å². The molecule has 3 N–H and O–H groups in total. The lowest BCUT2D eigenvalue weighted by atomic mass is 10.2. The molecule has 0 atom stereocenters. The maximum absolute atomic E-state index is 12.5. The summed E-state index contributed by atoms with van der Waals surface area (Å²) in [5.41, 5.74) is -0.743. The highest BCUT2D eigenvalue weighted by Gasteiger charge is 2.19. The Kier molecular flexibility index (Phi) is 5.00. The molecule has 0 radical (unpaired) electrons. The quantitative estimate of drug-likeness (QED) is 0.593. The molecule has 3 rings (SSSR count). The average molecular weight is 388 g/mol. The number of halogens is 1. The molecule has 138 valence electrons. The van der Waals surface area contributed by atoms with Crippen LogP contribution in [-0.2, 0) is 0 Å². The van der Waals surface area contributed by atoms with Crippen LogP contribution in [0.5, 0.6) is 17.2 Å². The Morgan fingerprint density at radius 2 is 1.89 bits per heavy atom. The molecule has 0 spiro atoms. The number of nitrogens with one attached hydrogen (secondary N) is 1. The molecule has 8 nitrogen and oxygen atoms in total. The summed E-state index contributed by atoms with van der Waals surface area (Å²) in [6.45, 7) is 0. The van der Waals surface area contributed by atoms with Crippen molar-refractivity contribution in [3.63, 3.8) is 0 Å². The van der Waals surface area contributed by atoms with Crippen LogP contribution in [0, 0.1) is 0 Å². The number of carbonyl (C=O) groups is 1. The molecule has 0 unspecified atom stereocenters. The van der Waals surface area contributed by atoms with Gasteiger partial charge in [0.15, 0.2) is 11.4 Å². The lowest BCUT2D eigenvalue weighted by Gasteiger charge is -2.12. The Bertz CT molecular complexity index is 1080. The lowest BCUT2D eigenvalue weighted by molar-refractivity contribution is 0.101. The van der Waals surface area contributed by atoms with Gasteiger partial charge >= 0.3 is 0 Å². The minimum atomic E-state index is -0.839. The molecule has 1 heterocycles. The number of nitrogens with zero attached hydrogens (tertiary/aromatic N) is 2. The summed E-state index contributed by atoms with van der Waals surface area (Å²) in [5.74, 6) is -1.30. The van der Waals surface area contributed by atoms with Gasteiger partial charge in [0, 0.05) is 11.1 Å². The van der Waals surface area contributed by atoms with Crippen LogP contribution >= 0.6 is 11.6 Å². The van der Waals surface area contributed by atoms with Crippen LogP contribution in [0.15, 0.2) is 53.3 Å². The van der Waals surface area contributed by atoms with Gasteiger partial charge in [-0.15, -0.1) is 0 Å². The first-order valence-electron chi connectivity index (χ1n) is 7.67. The second kappa shape index (κ2) is 7.38. The minimum Gasteiger partial charge on any atom is -0.506 e. The second-order valence-electron chi connectivity index (χ2n) is 5.42. The zero-order valence-electron chi connectivity index (χ0n) is 14.0. The summed E-state index contributed by atoms with van der Waals surface area (Å²) in [6.07, 6.45) is 0. The van der Waals surface area contributed by atoms with Crippen LogP contribution in [0.2, 0.25) is 5.02 Å². The van der Waals surface area contributed by atoms with Crippen LogP contribution in [0.1, 0.15) is 10.5 Å². The predicted molar refractivity (Wildman–Crippen MR) is 99.1 cm³/mol. The molecule has 0 aliphatic carbocycles. The SMILES string of the molecule is COc1ccccc1-n1nc(C(=O)Nc2cc(Cl)ccc2O)c(O)cc1=O. The standard InChI is InChI=1S/C18H14ClN3O5/c1-27-15-5-3-2-4-12(15)22-16(25)9-14(24)17(21-22)18(26)20-11-8-10(19)6-7-13(11)23/h2-9,23-24H,1H3,(H,20,26). The largest absolute Gasteiger partial charge is 0.506 e. The molecule has 0 saturated carbocycles. The molecule has 0 saturated heterocycles. The number of ether oxygens (including phenoxy) is 1. The predicted octanol–water partition coefficient (Wildman–Crippen LogP) is 2.56. The summed E-state index contributed by atoms with van der Waals surface area (Å²) < 4.78 is 6.14. The molecule has 1 amide bonds. The molecule has 0 fully saturated rings. The molecule has 3 aromatic rings. The number of aromatic nitrogens is 2. The van der Waals surface area contributed by atoms with Crippen LogP contribution in [0.25, 0.3) is 5.69 Å². The van der Waals surface area contributed by atoms with E-state index in [0.717, 1.165) is 10.7 Å². The van der Waals surface area contributed by atoms with Gasteiger partial charge < -0.3 is 20.3 Å². The van der Waals surface area contributed by atoms with E-state index in [-0.39, 0.29) is 11.4 Å². The smallest absolute Gasteiger partial charge is 0.280 e. The van der Waals surface area contributed by atoms with Crippen molar-refractivity contribution in [2.45, 2.75) is 0 Å². The van der Waals surface area contributed by atoms with E-state index in [1.807, 2.05) is 0 Å². The second-order valence-corrected chi connectivity index (χ2v) is 5.85. The Labute approximate surface area is 158 Å². The highest BCUT2D eigenvalue weighted by Crippen LogP contribution is 2.28. The van der Waals surface area contributed by atoms with Crippen LogP contribution < -0.4 is 15.6 Å². The van der Waals surface area contributed by atoms with E-state index in [0.29, 0.717) is 16.5 Å². The third-order valence-electron chi connectivity index (χ3n) is 3.65. The molecular formula is C18H14ClN3O5. The molecule has 27 heavy (non-hydrogen) atoms. The van der Waals surface area contributed by atoms with E-state index < -0.39 is 22.9 Å². The molecule has 0 bridgehead atoms. The van der Waals surface area contributed by atoms with E-state index >= 15 is 0 Å². The Morgan fingerprint density at radius 1 is 1.15 bits per heavy atom.